The number of hydrogen-bond donors (Lipinski definition) is 2. The smallest absolute Gasteiger partial charge is 0.231 e. The quantitative estimate of drug-likeness (QED) is 0.881. The van der Waals surface area contributed by atoms with Crippen LogP contribution in [-0.2, 0) is 4.79 Å². The summed E-state index contributed by atoms with van der Waals surface area (Å²) in [5.74, 6) is -0.525. The number of nitrogens with one attached hydrogen (secondary N) is 1. The fourth-order valence-corrected chi connectivity index (χ4v) is 2.57. The monoisotopic (exact) mass is 314 g/mol. The minimum Gasteiger partial charge on any atom is -0.327 e. The third kappa shape index (κ3) is 2.42. The van der Waals surface area contributed by atoms with Gasteiger partial charge in [-0.1, -0.05) is 6.42 Å². The Balaban J connectivity index is 2.14. The number of anilines is 1. The molecule has 0 spiro atoms. The predicted molar refractivity (Wildman–Crippen MR) is 72.7 cm³/mol. The van der Waals surface area contributed by atoms with E-state index in [4.69, 9.17) is 5.73 Å². The molecule has 1 aromatic carbocycles. The molecule has 98 valence electrons. The van der Waals surface area contributed by atoms with Crippen molar-refractivity contribution in [3.8, 4) is 0 Å². The van der Waals surface area contributed by atoms with Crippen LogP contribution in [0.15, 0.2) is 22.7 Å². The lowest BCUT2D eigenvalue weighted by Gasteiger charge is -2.27. The first kappa shape index (κ1) is 13.5. The van der Waals surface area contributed by atoms with Crippen LogP contribution in [-0.4, -0.2) is 11.9 Å². The van der Waals surface area contributed by atoms with Crippen LogP contribution in [0.3, 0.4) is 0 Å². The lowest BCUT2D eigenvalue weighted by atomic mass is 9.84. The largest absolute Gasteiger partial charge is 0.327 e. The van der Waals surface area contributed by atoms with E-state index in [0.29, 0.717) is 10.2 Å². The fraction of sp³-hybridized carbons (Fsp3) is 0.462. The second-order valence-corrected chi connectivity index (χ2v) is 5.85. The van der Waals surface area contributed by atoms with Gasteiger partial charge in [0, 0.05) is 11.7 Å². The van der Waals surface area contributed by atoms with Crippen molar-refractivity contribution in [1.29, 1.82) is 0 Å². The highest BCUT2D eigenvalue weighted by Gasteiger charge is 2.42. The third-order valence-electron chi connectivity index (χ3n) is 3.73. The molecule has 0 radical (unpaired) electrons. The van der Waals surface area contributed by atoms with E-state index in [2.05, 4.69) is 21.2 Å². The van der Waals surface area contributed by atoms with Gasteiger partial charge in [0.05, 0.1) is 9.89 Å². The van der Waals surface area contributed by atoms with E-state index in [-0.39, 0.29) is 11.9 Å². The van der Waals surface area contributed by atoms with Crippen LogP contribution in [0.4, 0.5) is 10.1 Å². The Morgan fingerprint density at radius 3 is 2.89 bits per heavy atom. The number of benzene rings is 1. The summed E-state index contributed by atoms with van der Waals surface area (Å²) in [5.41, 5.74) is 5.89. The Morgan fingerprint density at radius 1 is 1.61 bits per heavy atom. The van der Waals surface area contributed by atoms with Crippen LogP contribution in [0.25, 0.3) is 0 Å². The zero-order chi connectivity index (χ0) is 13.3. The van der Waals surface area contributed by atoms with E-state index in [0.717, 1.165) is 19.3 Å². The molecular formula is C13H16BrFN2O. The van der Waals surface area contributed by atoms with Gasteiger partial charge in [-0.05, 0) is 53.9 Å². The van der Waals surface area contributed by atoms with E-state index in [1.54, 1.807) is 12.1 Å². The maximum Gasteiger partial charge on any atom is 0.231 e. The zero-order valence-electron chi connectivity index (χ0n) is 10.2. The van der Waals surface area contributed by atoms with Gasteiger partial charge in [0.2, 0.25) is 5.91 Å². The summed E-state index contributed by atoms with van der Waals surface area (Å²) >= 11 is 3.07. The Kier molecular flexibility index (Phi) is 3.73. The summed E-state index contributed by atoms with van der Waals surface area (Å²) in [6.45, 7) is 1.87. The number of carbonyl (C=O) groups excluding carboxylic acids is 1. The Bertz CT molecular complexity index is 480. The molecule has 1 aliphatic rings. The van der Waals surface area contributed by atoms with Gasteiger partial charge in [0.1, 0.15) is 5.82 Å². The number of hydrogen-bond acceptors (Lipinski definition) is 2. The summed E-state index contributed by atoms with van der Waals surface area (Å²) in [5, 5.41) is 2.74. The van der Waals surface area contributed by atoms with Crippen molar-refractivity contribution in [2.75, 3.05) is 5.32 Å². The van der Waals surface area contributed by atoms with Crippen molar-refractivity contribution < 1.29 is 9.18 Å². The molecule has 0 aromatic heterocycles. The van der Waals surface area contributed by atoms with Crippen LogP contribution in [0, 0.1) is 11.2 Å². The molecule has 1 aliphatic carbocycles. The van der Waals surface area contributed by atoms with E-state index in [1.165, 1.54) is 6.07 Å². The van der Waals surface area contributed by atoms with Gasteiger partial charge in [-0.2, -0.15) is 0 Å². The molecule has 0 bridgehead atoms. The molecule has 3 N–H and O–H groups in total. The second kappa shape index (κ2) is 4.97. The van der Waals surface area contributed by atoms with Crippen LogP contribution in [0.5, 0.6) is 0 Å². The molecule has 5 heteroatoms. The Hall–Kier alpha value is -0.940. The first-order valence-electron chi connectivity index (χ1n) is 5.95. The average molecular weight is 315 g/mol. The summed E-state index contributed by atoms with van der Waals surface area (Å²) < 4.78 is 13.7. The molecule has 18 heavy (non-hydrogen) atoms. The first-order chi connectivity index (χ1) is 8.43. The number of carbonyl (C=O) groups is 1. The highest BCUT2D eigenvalue weighted by molar-refractivity contribution is 9.10. The second-order valence-electron chi connectivity index (χ2n) is 5.00. The van der Waals surface area contributed by atoms with Gasteiger partial charge in [0.15, 0.2) is 0 Å². The summed E-state index contributed by atoms with van der Waals surface area (Å²) in [7, 11) is 0. The van der Waals surface area contributed by atoms with Crippen molar-refractivity contribution in [1.82, 2.24) is 0 Å². The number of nitrogens with two attached hydrogens (primary N) is 1. The molecule has 0 saturated heterocycles. The van der Waals surface area contributed by atoms with Gasteiger partial charge >= 0.3 is 0 Å². The average Bonchev–Trinajstić information content (AvgIpc) is 2.66. The SMILES string of the molecule is CC1(C(=O)Nc2ccc(Br)c(F)c2)CCCC1N. The molecule has 0 heterocycles. The summed E-state index contributed by atoms with van der Waals surface area (Å²) in [6.07, 6.45) is 2.59. The van der Waals surface area contributed by atoms with E-state index in [1.807, 2.05) is 6.92 Å². The molecule has 3 nitrogen and oxygen atoms in total. The molecule has 1 amide bonds. The lowest BCUT2D eigenvalue weighted by Crippen LogP contribution is -2.44. The molecule has 2 unspecified atom stereocenters. The van der Waals surface area contributed by atoms with Crippen molar-refractivity contribution in [2.24, 2.45) is 11.1 Å². The molecule has 1 fully saturated rings. The molecule has 2 atom stereocenters. The van der Waals surface area contributed by atoms with Crippen LogP contribution < -0.4 is 11.1 Å². The van der Waals surface area contributed by atoms with Crippen molar-refractivity contribution in [3.63, 3.8) is 0 Å². The topological polar surface area (TPSA) is 55.1 Å². The highest BCUT2D eigenvalue weighted by Crippen LogP contribution is 2.37. The number of rotatable bonds is 2. The molecular weight excluding hydrogens is 299 g/mol. The van der Waals surface area contributed by atoms with Crippen LogP contribution in [0.1, 0.15) is 26.2 Å². The van der Waals surface area contributed by atoms with Crippen molar-refractivity contribution in [2.45, 2.75) is 32.2 Å². The van der Waals surface area contributed by atoms with E-state index in [9.17, 15) is 9.18 Å². The summed E-state index contributed by atoms with van der Waals surface area (Å²) in [4.78, 5) is 12.2. The minimum absolute atomic E-state index is 0.127. The van der Waals surface area contributed by atoms with Gasteiger partial charge in [0.25, 0.3) is 0 Å². The van der Waals surface area contributed by atoms with Crippen molar-refractivity contribution >= 4 is 27.5 Å². The maximum absolute atomic E-state index is 13.4. The standard InChI is InChI=1S/C13H16BrFN2O/c1-13(6-2-3-11(13)16)12(18)17-8-4-5-9(14)10(15)7-8/h4-5,7,11H,2-3,6,16H2,1H3,(H,17,18). The number of amides is 1. The van der Waals surface area contributed by atoms with Crippen LogP contribution >= 0.6 is 15.9 Å². The van der Waals surface area contributed by atoms with Gasteiger partial charge in [-0.15, -0.1) is 0 Å². The lowest BCUT2D eigenvalue weighted by molar-refractivity contribution is -0.125. The van der Waals surface area contributed by atoms with Gasteiger partial charge < -0.3 is 11.1 Å². The van der Waals surface area contributed by atoms with Gasteiger partial charge in [-0.25, -0.2) is 4.39 Å². The Labute approximate surface area is 114 Å². The zero-order valence-corrected chi connectivity index (χ0v) is 11.8. The number of halogens is 2. The Morgan fingerprint density at radius 2 is 2.33 bits per heavy atom. The van der Waals surface area contributed by atoms with E-state index >= 15 is 0 Å². The van der Waals surface area contributed by atoms with Crippen LogP contribution in [0.2, 0.25) is 0 Å². The predicted octanol–water partition coefficient (Wildman–Crippen LogP) is 3.04. The summed E-state index contributed by atoms with van der Waals surface area (Å²) in [6, 6.07) is 4.40. The minimum atomic E-state index is -0.552. The fourth-order valence-electron chi connectivity index (χ4n) is 2.32. The maximum atomic E-state index is 13.4. The molecule has 1 saturated carbocycles. The third-order valence-corrected chi connectivity index (χ3v) is 4.37. The first-order valence-corrected chi connectivity index (χ1v) is 6.75. The van der Waals surface area contributed by atoms with E-state index < -0.39 is 11.2 Å². The normalized spacial score (nSPS) is 27.2. The highest BCUT2D eigenvalue weighted by atomic mass is 79.9. The molecule has 0 aliphatic heterocycles. The molecule has 2 rings (SSSR count). The molecule has 1 aromatic rings. The van der Waals surface area contributed by atoms with Crippen molar-refractivity contribution in [3.05, 3.63) is 28.5 Å². The van der Waals surface area contributed by atoms with Gasteiger partial charge in [-0.3, -0.25) is 4.79 Å².